The summed E-state index contributed by atoms with van der Waals surface area (Å²) in [7, 11) is 3.05. The van der Waals surface area contributed by atoms with Gasteiger partial charge in [-0.1, -0.05) is 0 Å². The van der Waals surface area contributed by atoms with E-state index in [1.807, 2.05) is 24.3 Å². The first-order chi connectivity index (χ1) is 13.6. The van der Waals surface area contributed by atoms with Crippen LogP contribution in [0.3, 0.4) is 0 Å². The lowest BCUT2D eigenvalue weighted by Gasteiger charge is -2.09. The molecule has 2 aromatic heterocycles. The Morgan fingerprint density at radius 1 is 1.07 bits per heavy atom. The minimum absolute atomic E-state index is 0.180. The van der Waals surface area contributed by atoms with Crippen molar-refractivity contribution in [3.8, 4) is 22.9 Å². The second-order valence-electron chi connectivity index (χ2n) is 5.71. The summed E-state index contributed by atoms with van der Waals surface area (Å²) in [4.78, 5) is 32.0. The molecule has 0 aliphatic rings. The fraction of sp³-hybridized carbons (Fsp3) is 0.211. The highest BCUT2D eigenvalue weighted by Crippen LogP contribution is 2.19. The summed E-state index contributed by atoms with van der Waals surface area (Å²) in [6.07, 6.45) is 1.25. The van der Waals surface area contributed by atoms with Gasteiger partial charge in [0.1, 0.15) is 17.8 Å². The van der Waals surface area contributed by atoms with Gasteiger partial charge in [0, 0.05) is 24.2 Å². The number of ether oxygens (including phenoxy) is 2. The zero-order chi connectivity index (χ0) is 19.9. The van der Waals surface area contributed by atoms with Crippen molar-refractivity contribution < 1.29 is 14.3 Å². The molecule has 9 nitrogen and oxygen atoms in total. The molecule has 0 bridgehead atoms. The molecule has 0 aliphatic carbocycles. The van der Waals surface area contributed by atoms with Crippen molar-refractivity contribution in [1.29, 1.82) is 0 Å². The van der Waals surface area contributed by atoms with Crippen LogP contribution >= 0.6 is 0 Å². The summed E-state index contributed by atoms with van der Waals surface area (Å²) in [5, 5.41) is 7.06. The van der Waals surface area contributed by atoms with Crippen LogP contribution in [0.2, 0.25) is 0 Å². The molecule has 0 saturated heterocycles. The highest BCUT2D eigenvalue weighted by molar-refractivity contribution is 5.92. The predicted molar refractivity (Wildman–Crippen MR) is 101 cm³/mol. The third kappa shape index (κ3) is 4.50. The molecule has 9 heteroatoms. The van der Waals surface area contributed by atoms with Crippen LogP contribution < -0.4 is 20.3 Å². The number of methoxy groups -OCH3 is 2. The zero-order valence-corrected chi connectivity index (χ0v) is 15.5. The van der Waals surface area contributed by atoms with Crippen molar-refractivity contribution in [3.05, 3.63) is 64.8 Å². The van der Waals surface area contributed by atoms with Gasteiger partial charge in [-0.25, -0.2) is 14.6 Å². The second-order valence-corrected chi connectivity index (χ2v) is 5.71. The highest BCUT2D eigenvalue weighted by Gasteiger charge is 2.09. The minimum Gasteiger partial charge on any atom is -0.497 e. The molecule has 0 unspecified atom stereocenters. The largest absolute Gasteiger partial charge is 0.497 e. The van der Waals surface area contributed by atoms with Crippen molar-refractivity contribution in [2.45, 2.75) is 6.54 Å². The standard InChI is InChI=1S/C19H19N5O4/c1-27-14-5-3-13(4-6-14)15-7-8-18(25)24(23-15)10-9-20-19(26)16-11-17(28-2)22-12-21-16/h3-8,11-12H,9-10H2,1-2H3,(H,20,26). The number of hydrogen-bond acceptors (Lipinski definition) is 7. The van der Waals surface area contributed by atoms with Gasteiger partial charge in [0.25, 0.3) is 11.5 Å². The van der Waals surface area contributed by atoms with Crippen LogP contribution in [-0.4, -0.2) is 46.4 Å². The van der Waals surface area contributed by atoms with Gasteiger partial charge in [0.2, 0.25) is 5.88 Å². The van der Waals surface area contributed by atoms with Crippen molar-refractivity contribution in [2.24, 2.45) is 0 Å². The fourth-order valence-electron chi connectivity index (χ4n) is 2.47. The van der Waals surface area contributed by atoms with Gasteiger partial charge in [0.05, 0.1) is 26.5 Å². The number of nitrogens with zero attached hydrogens (tertiary/aromatic N) is 4. The van der Waals surface area contributed by atoms with Gasteiger partial charge in [-0.05, 0) is 30.3 Å². The molecule has 0 fully saturated rings. The van der Waals surface area contributed by atoms with Crippen molar-refractivity contribution in [1.82, 2.24) is 25.1 Å². The number of nitrogens with one attached hydrogen (secondary N) is 1. The molecule has 0 aliphatic heterocycles. The Labute approximate surface area is 161 Å². The van der Waals surface area contributed by atoms with E-state index in [2.05, 4.69) is 20.4 Å². The Bertz CT molecular complexity index is 1020. The van der Waals surface area contributed by atoms with Crippen LogP contribution in [0.1, 0.15) is 10.5 Å². The van der Waals surface area contributed by atoms with Crippen molar-refractivity contribution in [3.63, 3.8) is 0 Å². The van der Waals surface area contributed by atoms with Crippen molar-refractivity contribution in [2.75, 3.05) is 20.8 Å². The van der Waals surface area contributed by atoms with E-state index in [0.717, 1.165) is 11.3 Å². The first kappa shape index (κ1) is 19.0. The SMILES string of the molecule is COc1ccc(-c2ccc(=O)n(CCNC(=O)c3cc(OC)ncn3)n2)cc1. The first-order valence-electron chi connectivity index (χ1n) is 8.47. The van der Waals surface area contributed by atoms with E-state index in [9.17, 15) is 9.59 Å². The molecule has 2 heterocycles. The van der Waals surface area contributed by atoms with Crippen LogP contribution in [0, 0.1) is 0 Å². The number of rotatable bonds is 7. The molecule has 28 heavy (non-hydrogen) atoms. The first-order valence-corrected chi connectivity index (χ1v) is 8.47. The third-order valence-electron chi connectivity index (χ3n) is 3.95. The van der Waals surface area contributed by atoms with E-state index in [0.29, 0.717) is 11.6 Å². The second kappa shape index (κ2) is 8.76. The summed E-state index contributed by atoms with van der Waals surface area (Å²) in [5.74, 6) is 0.645. The lowest BCUT2D eigenvalue weighted by Crippen LogP contribution is -2.32. The van der Waals surface area contributed by atoms with Gasteiger partial charge < -0.3 is 14.8 Å². The molecule has 0 atom stereocenters. The molecule has 3 rings (SSSR count). The van der Waals surface area contributed by atoms with Crippen molar-refractivity contribution >= 4 is 5.91 Å². The average molecular weight is 381 g/mol. The lowest BCUT2D eigenvalue weighted by atomic mass is 10.1. The Balaban J connectivity index is 1.66. The van der Waals surface area contributed by atoms with E-state index in [4.69, 9.17) is 9.47 Å². The van der Waals surface area contributed by atoms with Crippen LogP contribution in [0.15, 0.2) is 53.6 Å². The molecule has 0 saturated carbocycles. The zero-order valence-electron chi connectivity index (χ0n) is 15.5. The molecule has 1 N–H and O–H groups in total. The topological polar surface area (TPSA) is 108 Å². The summed E-state index contributed by atoms with van der Waals surface area (Å²) < 4.78 is 11.4. The van der Waals surface area contributed by atoms with E-state index >= 15 is 0 Å². The van der Waals surface area contributed by atoms with E-state index in [-0.39, 0.29) is 30.2 Å². The molecule has 0 radical (unpaired) electrons. The van der Waals surface area contributed by atoms with Crippen LogP contribution in [0.4, 0.5) is 0 Å². The van der Waals surface area contributed by atoms with E-state index in [1.165, 1.54) is 30.3 Å². The number of aromatic nitrogens is 4. The van der Waals surface area contributed by atoms with Gasteiger partial charge >= 0.3 is 0 Å². The number of amides is 1. The Morgan fingerprint density at radius 3 is 2.57 bits per heavy atom. The maximum absolute atomic E-state index is 12.2. The van der Waals surface area contributed by atoms with Gasteiger partial charge in [-0.3, -0.25) is 9.59 Å². The predicted octanol–water partition coefficient (Wildman–Crippen LogP) is 1.15. The maximum Gasteiger partial charge on any atom is 0.270 e. The quantitative estimate of drug-likeness (QED) is 0.654. The normalized spacial score (nSPS) is 10.4. The highest BCUT2D eigenvalue weighted by atomic mass is 16.5. The smallest absolute Gasteiger partial charge is 0.270 e. The van der Waals surface area contributed by atoms with Gasteiger partial charge in [-0.2, -0.15) is 5.10 Å². The Hall–Kier alpha value is -3.75. The van der Waals surface area contributed by atoms with Crippen LogP contribution in [0.5, 0.6) is 11.6 Å². The maximum atomic E-state index is 12.2. The average Bonchev–Trinajstić information content (AvgIpc) is 2.75. The van der Waals surface area contributed by atoms with E-state index < -0.39 is 0 Å². The third-order valence-corrected chi connectivity index (χ3v) is 3.95. The fourth-order valence-corrected chi connectivity index (χ4v) is 2.47. The number of hydrogen-bond donors (Lipinski definition) is 1. The number of carbonyl (C=O) groups is 1. The molecule has 144 valence electrons. The summed E-state index contributed by atoms with van der Waals surface area (Å²) in [6, 6.07) is 11.9. The van der Waals surface area contributed by atoms with Gasteiger partial charge in [-0.15, -0.1) is 0 Å². The molecule has 1 aromatic carbocycles. The Kier molecular flexibility index (Phi) is 5.95. The lowest BCUT2D eigenvalue weighted by molar-refractivity contribution is 0.0946. The minimum atomic E-state index is -0.389. The number of benzene rings is 1. The van der Waals surface area contributed by atoms with E-state index in [1.54, 1.807) is 13.2 Å². The molecule has 1 amide bonds. The summed E-state index contributed by atoms with van der Waals surface area (Å²) in [6.45, 7) is 0.431. The van der Waals surface area contributed by atoms with Crippen LogP contribution in [0.25, 0.3) is 11.3 Å². The Morgan fingerprint density at radius 2 is 1.86 bits per heavy atom. The van der Waals surface area contributed by atoms with Gasteiger partial charge in [0.15, 0.2) is 0 Å². The number of carbonyl (C=O) groups excluding carboxylic acids is 1. The monoisotopic (exact) mass is 381 g/mol. The molecule has 0 spiro atoms. The summed E-state index contributed by atoms with van der Waals surface area (Å²) >= 11 is 0. The molecule has 3 aromatic rings. The molecular weight excluding hydrogens is 362 g/mol. The molecular formula is C19H19N5O4. The van der Waals surface area contributed by atoms with Crippen LogP contribution in [-0.2, 0) is 6.54 Å². The summed E-state index contributed by atoms with van der Waals surface area (Å²) in [5.41, 5.74) is 1.43.